The number of hydrogen-bond donors (Lipinski definition) is 0. The molecular formula is C24H39NO. The van der Waals surface area contributed by atoms with Gasteiger partial charge in [-0.15, -0.1) is 0 Å². The highest BCUT2D eigenvalue weighted by Crippen LogP contribution is 2.42. The summed E-state index contributed by atoms with van der Waals surface area (Å²) in [5.74, 6) is 1.14. The lowest BCUT2D eigenvalue weighted by Gasteiger charge is -2.36. The molecular weight excluding hydrogens is 318 g/mol. The van der Waals surface area contributed by atoms with Crippen LogP contribution >= 0.6 is 0 Å². The van der Waals surface area contributed by atoms with Gasteiger partial charge in [-0.2, -0.15) is 0 Å². The predicted molar refractivity (Wildman–Crippen MR) is 113 cm³/mol. The first-order chi connectivity index (χ1) is 12.2. The SMILES string of the molecule is CN(CCOC1=CC=C(C(C)(C)CC(C)(C)C)CC1)CC1=CCCC=C1. The molecule has 2 aliphatic carbocycles. The fourth-order valence-corrected chi connectivity index (χ4v) is 4.25. The highest BCUT2D eigenvalue weighted by molar-refractivity contribution is 5.26. The van der Waals surface area contributed by atoms with Crippen molar-refractivity contribution in [1.29, 1.82) is 0 Å². The molecule has 0 heterocycles. The van der Waals surface area contributed by atoms with Gasteiger partial charge in [0.15, 0.2) is 0 Å². The van der Waals surface area contributed by atoms with E-state index in [4.69, 9.17) is 4.74 Å². The normalized spacial score (nSPS) is 18.5. The molecule has 0 saturated heterocycles. The van der Waals surface area contributed by atoms with Gasteiger partial charge in [0, 0.05) is 19.5 Å². The first-order valence-electron chi connectivity index (χ1n) is 10.2. The van der Waals surface area contributed by atoms with Crippen molar-refractivity contribution in [3.8, 4) is 0 Å². The van der Waals surface area contributed by atoms with Crippen LogP contribution in [0.15, 0.2) is 47.3 Å². The molecule has 0 saturated carbocycles. The summed E-state index contributed by atoms with van der Waals surface area (Å²) in [6.45, 7) is 14.5. The minimum atomic E-state index is 0.266. The third kappa shape index (κ3) is 7.15. The molecule has 0 radical (unpaired) electrons. The second-order valence-corrected chi connectivity index (χ2v) is 9.79. The lowest BCUT2D eigenvalue weighted by molar-refractivity contribution is 0.166. The summed E-state index contributed by atoms with van der Waals surface area (Å²) < 4.78 is 6.04. The van der Waals surface area contributed by atoms with Gasteiger partial charge in [0.2, 0.25) is 0 Å². The number of allylic oxidation sites excluding steroid dienone is 6. The number of hydrogen-bond acceptors (Lipinski definition) is 2. The molecule has 0 amide bonds. The van der Waals surface area contributed by atoms with Crippen molar-refractivity contribution in [3.63, 3.8) is 0 Å². The maximum Gasteiger partial charge on any atom is 0.100 e. The monoisotopic (exact) mass is 357 g/mol. The fraction of sp³-hybridized carbons (Fsp3) is 0.667. The Morgan fingerprint density at radius 3 is 2.38 bits per heavy atom. The molecule has 2 heteroatoms. The van der Waals surface area contributed by atoms with Crippen LogP contribution in [0.3, 0.4) is 0 Å². The zero-order valence-corrected chi connectivity index (χ0v) is 17.9. The van der Waals surface area contributed by atoms with Crippen LogP contribution in [0.25, 0.3) is 0 Å². The van der Waals surface area contributed by atoms with Crippen molar-refractivity contribution >= 4 is 0 Å². The van der Waals surface area contributed by atoms with Gasteiger partial charge in [0.05, 0.1) is 5.76 Å². The quantitative estimate of drug-likeness (QED) is 0.507. The summed E-state index contributed by atoms with van der Waals surface area (Å²) in [6.07, 6.45) is 17.2. The van der Waals surface area contributed by atoms with Gasteiger partial charge < -0.3 is 4.74 Å². The lowest BCUT2D eigenvalue weighted by Crippen LogP contribution is -2.26. The fourth-order valence-electron chi connectivity index (χ4n) is 4.25. The van der Waals surface area contributed by atoms with Gasteiger partial charge in [-0.1, -0.05) is 64.5 Å². The van der Waals surface area contributed by atoms with Crippen LogP contribution in [0.5, 0.6) is 0 Å². The Labute approximate surface area is 161 Å². The molecule has 0 aromatic rings. The van der Waals surface area contributed by atoms with Crippen LogP contribution in [0, 0.1) is 10.8 Å². The van der Waals surface area contributed by atoms with E-state index in [1.165, 1.54) is 24.8 Å². The third-order valence-electron chi connectivity index (χ3n) is 5.24. The molecule has 2 nitrogen and oxygen atoms in total. The number of likely N-dealkylation sites (N-methyl/N-ethyl adjacent to an activating group) is 1. The Balaban J connectivity index is 1.77. The molecule has 0 atom stereocenters. The Kier molecular flexibility index (Phi) is 7.34. The van der Waals surface area contributed by atoms with Gasteiger partial charge in [0.25, 0.3) is 0 Å². The smallest absolute Gasteiger partial charge is 0.100 e. The van der Waals surface area contributed by atoms with Crippen molar-refractivity contribution in [3.05, 3.63) is 47.3 Å². The summed E-state index contributed by atoms with van der Waals surface area (Å²) in [5.41, 5.74) is 3.62. The molecule has 0 N–H and O–H groups in total. The van der Waals surface area contributed by atoms with Crippen LogP contribution < -0.4 is 0 Å². The zero-order valence-electron chi connectivity index (χ0n) is 17.9. The van der Waals surface area contributed by atoms with Gasteiger partial charge in [-0.25, -0.2) is 0 Å². The minimum Gasteiger partial charge on any atom is -0.497 e. The molecule has 0 fully saturated rings. The van der Waals surface area contributed by atoms with Crippen molar-refractivity contribution < 1.29 is 4.74 Å². The van der Waals surface area contributed by atoms with E-state index in [1.54, 1.807) is 5.57 Å². The summed E-state index contributed by atoms with van der Waals surface area (Å²) in [4.78, 5) is 2.35. The van der Waals surface area contributed by atoms with E-state index in [0.29, 0.717) is 5.41 Å². The molecule has 0 unspecified atom stereocenters. The molecule has 0 aromatic heterocycles. The highest BCUT2D eigenvalue weighted by atomic mass is 16.5. The predicted octanol–water partition coefficient (Wildman–Crippen LogP) is 6.28. The molecule has 0 bridgehead atoms. The van der Waals surface area contributed by atoms with E-state index in [-0.39, 0.29) is 5.41 Å². The van der Waals surface area contributed by atoms with Crippen molar-refractivity contribution in [2.45, 2.75) is 66.7 Å². The van der Waals surface area contributed by atoms with Crippen LogP contribution in [0.2, 0.25) is 0 Å². The summed E-state index contributed by atoms with van der Waals surface area (Å²) in [5, 5.41) is 0. The van der Waals surface area contributed by atoms with Crippen LogP contribution in [0.1, 0.15) is 66.7 Å². The second-order valence-electron chi connectivity index (χ2n) is 9.79. The summed E-state index contributed by atoms with van der Waals surface area (Å²) >= 11 is 0. The van der Waals surface area contributed by atoms with Crippen LogP contribution in [-0.4, -0.2) is 31.6 Å². The van der Waals surface area contributed by atoms with Gasteiger partial charge in [-0.05, 0) is 55.2 Å². The average molecular weight is 358 g/mol. The molecule has 2 rings (SSSR count). The maximum atomic E-state index is 6.04. The van der Waals surface area contributed by atoms with E-state index in [0.717, 1.165) is 38.3 Å². The van der Waals surface area contributed by atoms with Crippen LogP contribution in [-0.2, 0) is 4.74 Å². The molecule has 2 aliphatic rings. The highest BCUT2D eigenvalue weighted by Gasteiger charge is 2.29. The Morgan fingerprint density at radius 1 is 1.04 bits per heavy atom. The maximum absolute atomic E-state index is 6.04. The topological polar surface area (TPSA) is 12.5 Å². The lowest BCUT2D eigenvalue weighted by atomic mass is 9.70. The van der Waals surface area contributed by atoms with Crippen molar-refractivity contribution in [2.24, 2.45) is 10.8 Å². The minimum absolute atomic E-state index is 0.266. The van der Waals surface area contributed by atoms with E-state index in [2.05, 4.69) is 76.9 Å². The van der Waals surface area contributed by atoms with Crippen molar-refractivity contribution in [2.75, 3.05) is 26.7 Å². The van der Waals surface area contributed by atoms with E-state index in [9.17, 15) is 0 Å². The van der Waals surface area contributed by atoms with Gasteiger partial charge >= 0.3 is 0 Å². The Morgan fingerprint density at radius 2 is 1.81 bits per heavy atom. The largest absolute Gasteiger partial charge is 0.497 e. The Bertz CT molecular complexity index is 584. The molecule has 146 valence electrons. The van der Waals surface area contributed by atoms with E-state index >= 15 is 0 Å². The van der Waals surface area contributed by atoms with Gasteiger partial charge in [-0.3, -0.25) is 4.90 Å². The zero-order chi connectivity index (χ0) is 19.2. The molecule has 0 aliphatic heterocycles. The summed E-state index contributed by atoms with van der Waals surface area (Å²) in [6, 6.07) is 0. The molecule has 26 heavy (non-hydrogen) atoms. The number of nitrogens with zero attached hydrogens (tertiary/aromatic N) is 1. The number of rotatable bonds is 8. The van der Waals surface area contributed by atoms with E-state index in [1.807, 2.05) is 0 Å². The number of ether oxygens (including phenoxy) is 1. The van der Waals surface area contributed by atoms with Crippen molar-refractivity contribution in [1.82, 2.24) is 4.90 Å². The second kappa shape index (κ2) is 9.08. The van der Waals surface area contributed by atoms with Crippen LogP contribution in [0.4, 0.5) is 0 Å². The Hall–Kier alpha value is -1.28. The summed E-state index contributed by atoms with van der Waals surface area (Å²) in [7, 11) is 2.18. The van der Waals surface area contributed by atoms with E-state index < -0.39 is 0 Å². The molecule has 0 spiro atoms. The third-order valence-corrected chi connectivity index (χ3v) is 5.24. The molecule has 0 aromatic carbocycles. The standard InChI is InChI=1S/C24H39NO/c1-23(2,3)19-24(4,5)21-12-14-22(15-13-21)26-17-16-25(6)18-20-10-8-7-9-11-20/h8,10-12,14H,7,9,13,15-19H2,1-6H3. The first kappa shape index (κ1) is 21.0. The van der Waals surface area contributed by atoms with Gasteiger partial charge in [0.1, 0.15) is 6.61 Å². The average Bonchev–Trinajstić information content (AvgIpc) is 2.54. The first-order valence-corrected chi connectivity index (χ1v) is 10.2.